The molecule has 0 saturated carbocycles. The second-order valence-electron chi connectivity index (χ2n) is 7.40. The number of halogens is 2. The Labute approximate surface area is 219 Å². The summed E-state index contributed by atoms with van der Waals surface area (Å²) in [6.07, 6.45) is 0. The van der Waals surface area contributed by atoms with Crippen LogP contribution in [0.5, 0.6) is 11.6 Å². The Morgan fingerprint density at radius 3 is 2.11 bits per heavy atom. The van der Waals surface area contributed by atoms with Crippen molar-refractivity contribution in [3.05, 3.63) is 86.8 Å². The van der Waals surface area contributed by atoms with Gasteiger partial charge in [0.25, 0.3) is 11.8 Å². The maximum atomic E-state index is 12.7. The number of urea groups is 1. The summed E-state index contributed by atoms with van der Waals surface area (Å²) in [7, 11) is 0. The van der Waals surface area contributed by atoms with Crippen LogP contribution < -0.4 is 16.0 Å². The largest absolute Gasteiger partial charge is 0.501 e. The summed E-state index contributed by atoms with van der Waals surface area (Å²) in [5, 5.41) is 31.1. The van der Waals surface area contributed by atoms with Crippen LogP contribution in [0.4, 0.5) is 10.5 Å². The summed E-state index contributed by atoms with van der Waals surface area (Å²) in [5.74, 6) is -2.33. The highest BCUT2D eigenvalue weighted by molar-refractivity contribution is 7.14. The predicted molar refractivity (Wildman–Crippen MR) is 139 cm³/mol. The van der Waals surface area contributed by atoms with E-state index in [4.69, 9.17) is 23.2 Å². The van der Waals surface area contributed by atoms with Crippen molar-refractivity contribution < 1.29 is 19.8 Å². The smallest absolute Gasteiger partial charge is 0.319 e. The maximum Gasteiger partial charge on any atom is 0.319 e. The van der Waals surface area contributed by atoms with E-state index >= 15 is 0 Å². The number of nitrogens with one attached hydrogen (secondary N) is 3. The normalized spacial score (nSPS) is 10.6. The zero-order valence-electron chi connectivity index (χ0n) is 18.5. The lowest BCUT2D eigenvalue weighted by Gasteiger charge is -2.11. The van der Waals surface area contributed by atoms with Gasteiger partial charge in [-0.3, -0.25) is 4.79 Å². The number of carbonyl (C=O) groups excluding carboxylic acids is 2. The van der Waals surface area contributed by atoms with E-state index in [1.165, 1.54) is 11.3 Å². The fraction of sp³-hybridized carbons (Fsp3) is 0.0833. The van der Waals surface area contributed by atoms with Crippen LogP contribution in [-0.4, -0.2) is 32.1 Å². The molecule has 12 heteroatoms. The first kappa shape index (κ1) is 25.2. The van der Waals surface area contributed by atoms with E-state index < -0.39 is 29.3 Å². The van der Waals surface area contributed by atoms with Crippen molar-refractivity contribution >= 4 is 52.2 Å². The van der Waals surface area contributed by atoms with Gasteiger partial charge in [0.2, 0.25) is 5.75 Å². The quantitative estimate of drug-likeness (QED) is 0.218. The summed E-state index contributed by atoms with van der Waals surface area (Å²) < 4.78 is 0. The molecule has 0 unspecified atom stereocenters. The van der Waals surface area contributed by atoms with Crippen LogP contribution in [0.15, 0.2) is 60.0 Å². The number of rotatable bonds is 7. The van der Waals surface area contributed by atoms with Crippen molar-refractivity contribution in [1.29, 1.82) is 0 Å². The number of anilines is 1. The third-order valence-electron chi connectivity index (χ3n) is 4.99. The van der Waals surface area contributed by atoms with Crippen molar-refractivity contribution in [2.45, 2.75) is 13.1 Å². The average Bonchev–Trinajstić information content (AvgIpc) is 3.32. The molecular weight excluding hydrogens is 525 g/mol. The lowest BCUT2D eigenvalue weighted by atomic mass is 10.2. The Bertz CT molecular complexity index is 1430. The zero-order valence-corrected chi connectivity index (χ0v) is 20.8. The third-order valence-corrected chi connectivity index (χ3v) is 6.64. The lowest BCUT2D eigenvalue weighted by molar-refractivity contribution is 0.0942. The van der Waals surface area contributed by atoms with E-state index in [1.54, 1.807) is 53.9 Å². The molecule has 9 nitrogen and oxygen atoms in total. The molecule has 0 fully saturated rings. The number of amides is 3. The Balaban J connectivity index is 1.50. The molecule has 2 heterocycles. The zero-order chi connectivity index (χ0) is 25.7. The summed E-state index contributed by atoms with van der Waals surface area (Å²) in [4.78, 5) is 33.6. The van der Waals surface area contributed by atoms with Crippen LogP contribution in [0.25, 0.3) is 10.7 Å². The summed E-state index contributed by atoms with van der Waals surface area (Å²) in [5.41, 5.74) is 1.34. The fourth-order valence-corrected chi connectivity index (χ4v) is 4.36. The SMILES string of the molecule is O=C(NCc1ccccc1Cl)Nc1ccsc1-c1nc(O)c(O)c(C(=O)NCc2ccccc2Cl)n1. The molecule has 0 radical (unpaired) electrons. The highest BCUT2D eigenvalue weighted by atomic mass is 35.5. The predicted octanol–water partition coefficient (Wildman–Crippen LogP) is 5.17. The summed E-state index contributed by atoms with van der Waals surface area (Å²) >= 11 is 13.4. The van der Waals surface area contributed by atoms with Crippen LogP contribution in [0, 0.1) is 0 Å². The Morgan fingerprint density at radius 2 is 1.47 bits per heavy atom. The first-order chi connectivity index (χ1) is 17.3. The van der Waals surface area contributed by atoms with Crippen LogP contribution >= 0.6 is 34.5 Å². The molecule has 0 spiro atoms. The molecule has 4 rings (SSSR count). The van der Waals surface area contributed by atoms with E-state index in [-0.39, 0.29) is 18.9 Å². The summed E-state index contributed by atoms with van der Waals surface area (Å²) in [6, 6.07) is 15.2. The van der Waals surface area contributed by atoms with Gasteiger partial charge >= 0.3 is 6.03 Å². The third kappa shape index (κ3) is 5.85. The molecule has 2 aromatic carbocycles. The Morgan fingerprint density at radius 1 is 0.861 bits per heavy atom. The topological polar surface area (TPSA) is 136 Å². The molecule has 184 valence electrons. The first-order valence-electron chi connectivity index (χ1n) is 10.5. The van der Waals surface area contributed by atoms with E-state index in [0.29, 0.717) is 26.2 Å². The molecule has 0 aliphatic heterocycles. The van der Waals surface area contributed by atoms with Crippen LogP contribution in [0.3, 0.4) is 0 Å². The van der Waals surface area contributed by atoms with Gasteiger partial charge in [-0.1, -0.05) is 59.6 Å². The Kier molecular flexibility index (Phi) is 7.89. The molecule has 0 aliphatic rings. The monoisotopic (exact) mass is 543 g/mol. The highest BCUT2D eigenvalue weighted by Crippen LogP contribution is 2.35. The highest BCUT2D eigenvalue weighted by Gasteiger charge is 2.22. The molecule has 0 atom stereocenters. The van der Waals surface area contributed by atoms with Gasteiger partial charge in [0.15, 0.2) is 11.5 Å². The van der Waals surface area contributed by atoms with Crippen LogP contribution in [0.1, 0.15) is 21.6 Å². The van der Waals surface area contributed by atoms with E-state index in [9.17, 15) is 19.8 Å². The number of aromatic hydroxyl groups is 2. The van der Waals surface area contributed by atoms with Gasteiger partial charge in [0, 0.05) is 23.1 Å². The van der Waals surface area contributed by atoms with E-state index in [0.717, 1.165) is 5.56 Å². The molecule has 0 aliphatic carbocycles. The molecular formula is C24H19Cl2N5O4S. The Hall–Kier alpha value is -3.86. The van der Waals surface area contributed by atoms with Crippen LogP contribution in [-0.2, 0) is 13.1 Å². The maximum absolute atomic E-state index is 12.7. The van der Waals surface area contributed by atoms with Gasteiger partial charge in [-0.05, 0) is 34.7 Å². The number of hydrogen-bond donors (Lipinski definition) is 5. The van der Waals surface area contributed by atoms with E-state index in [2.05, 4.69) is 25.9 Å². The van der Waals surface area contributed by atoms with Crippen molar-refractivity contribution in [3.8, 4) is 22.3 Å². The number of aromatic nitrogens is 2. The van der Waals surface area contributed by atoms with Gasteiger partial charge in [0.1, 0.15) is 0 Å². The summed E-state index contributed by atoms with van der Waals surface area (Å²) in [6.45, 7) is 0.284. The average molecular weight is 544 g/mol. The van der Waals surface area contributed by atoms with Gasteiger partial charge in [0.05, 0.1) is 10.6 Å². The van der Waals surface area contributed by atoms with Crippen molar-refractivity contribution in [2.24, 2.45) is 0 Å². The standard InChI is InChI=1S/C24H19Cl2N5O4S/c25-15-7-3-1-5-13(15)11-27-22(33)18-19(32)23(34)31-21(30-18)20-17(9-10-36-20)29-24(35)28-12-14-6-2-4-8-16(14)26/h1-10,32H,11-12H2,(H,27,33)(H2,28,29,35)(H,30,31,34). The van der Waals surface area contributed by atoms with Gasteiger partial charge in [-0.2, -0.15) is 4.98 Å². The minimum absolute atomic E-state index is 0.0513. The van der Waals surface area contributed by atoms with E-state index in [1.807, 2.05) is 6.07 Å². The number of hydrogen-bond acceptors (Lipinski definition) is 7. The minimum atomic E-state index is -0.773. The number of benzene rings is 2. The lowest BCUT2D eigenvalue weighted by Crippen LogP contribution is -2.28. The molecule has 5 N–H and O–H groups in total. The second kappa shape index (κ2) is 11.3. The molecule has 3 amide bonds. The molecule has 36 heavy (non-hydrogen) atoms. The van der Waals surface area contributed by atoms with Crippen LogP contribution in [0.2, 0.25) is 10.0 Å². The van der Waals surface area contributed by atoms with Crippen molar-refractivity contribution in [3.63, 3.8) is 0 Å². The molecule has 0 bridgehead atoms. The molecule has 0 saturated heterocycles. The van der Waals surface area contributed by atoms with Gasteiger partial charge in [-0.15, -0.1) is 11.3 Å². The second-order valence-corrected chi connectivity index (χ2v) is 9.14. The number of carbonyl (C=O) groups is 2. The van der Waals surface area contributed by atoms with Crippen molar-refractivity contribution in [2.75, 3.05) is 5.32 Å². The molecule has 2 aromatic heterocycles. The van der Waals surface area contributed by atoms with Gasteiger partial charge < -0.3 is 26.2 Å². The minimum Gasteiger partial charge on any atom is -0.501 e. The molecule has 4 aromatic rings. The fourth-order valence-electron chi connectivity index (χ4n) is 3.17. The number of nitrogens with zero attached hydrogens (tertiary/aromatic N) is 2. The van der Waals surface area contributed by atoms with Crippen molar-refractivity contribution in [1.82, 2.24) is 20.6 Å². The number of thiophene rings is 1. The van der Waals surface area contributed by atoms with Gasteiger partial charge in [-0.25, -0.2) is 9.78 Å². The first-order valence-corrected chi connectivity index (χ1v) is 12.1.